The molecule has 0 fully saturated rings. The highest BCUT2D eigenvalue weighted by molar-refractivity contribution is 5.81. The van der Waals surface area contributed by atoms with Crippen molar-refractivity contribution < 1.29 is 19.1 Å². The highest BCUT2D eigenvalue weighted by Crippen LogP contribution is 1.75. The summed E-state index contributed by atoms with van der Waals surface area (Å²) in [5, 5.41) is 0. The molecule has 0 aliphatic rings. The monoisotopic (exact) mass is 228 g/mol. The van der Waals surface area contributed by atoms with E-state index in [4.69, 9.17) is 0 Å². The summed E-state index contributed by atoms with van der Waals surface area (Å²) in [4.78, 5) is 20.1. The van der Waals surface area contributed by atoms with Crippen LogP contribution < -0.4 is 0 Å². The van der Waals surface area contributed by atoms with Gasteiger partial charge in [0.2, 0.25) is 0 Å². The Bertz CT molecular complexity index is 187. The van der Waals surface area contributed by atoms with E-state index >= 15 is 0 Å². The van der Waals surface area contributed by atoms with E-state index in [1.165, 1.54) is 0 Å². The maximum atomic E-state index is 10.1. The van der Waals surface area contributed by atoms with Gasteiger partial charge in [-0.1, -0.05) is 13.2 Å². The summed E-state index contributed by atoms with van der Waals surface area (Å²) in [5.74, 6) is -0.718. The Morgan fingerprint density at radius 3 is 1.25 bits per heavy atom. The summed E-state index contributed by atoms with van der Waals surface area (Å²) in [6.45, 7) is 16.8. The van der Waals surface area contributed by atoms with Crippen LogP contribution in [0, 0.1) is 0 Å². The predicted octanol–water partition coefficient (Wildman–Crippen LogP) is 2.27. The number of ether oxygens (including phenoxy) is 2. The molecule has 0 saturated carbocycles. The largest absolute Gasteiger partial charge is 0.463 e. The van der Waals surface area contributed by atoms with Crippen molar-refractivity contribution in [2.24, 2.45) is 0 Å². The lowest BCUT2D eigenvalue weighted by Crippen LogP contribution is -1.97. The number of carbonyl (C=O) groups is 2. The summed E-state index contributed by atoms with van der Waals surface area (Å²) >= 11 is 0. The van der Waals surface area contributed by atoms with Crippen molar-refractivity contribution in [1.29, 1.82) is 0 Å². The first-order valence-corrected chi connectivity index (χ1v) is 4.70. The predicted molar refractivity (Wildman–Crippen MR) is 64.9 cm³/mol. The van der Waals surface area contributed by atoms with Crippen LogP contribution in [0.1, 0.15) is 13.8 Å². The lowest BCUT2D eigenvalue weighted by atomic mass is 10.6. The van der Waals surface area contributed by atoms with Gasteiger partial charge in [0.1, 0.15) is 0 Å². The van der Waals surface area contributed by atoms with Crippen LogP contribution >= 0.6 is 0 Å². The van der Waals surface area contributed by atoms with Gasteiger partial charge in [0.25, 0.3) is 0 Å². The second-order valence-corrected chi connectivity index (χ2v) is 1.91. The first-order valence-electron chi connectivity index (χ1n) is 4.70. The Kier molecular flexibility index (Phi) is 23.2. The molecule has 0 aromatic rings. The van der Waals surface area contributed by atoms with Crippen LogP contribution in [0.3, 0.4) is 0 Å². The van der Waals surface area contributed by atoms with Crippen LogP contribution in [-0.4, -0.2) is 25.2 Å². The van der Waals surface area contributed by atoms with Crippen molar-refractivity contribution in [3.8, 4) is 0 Å². The fourth-order valence-electron chi connectivity index (χ4n) is 0.402. The lowest BCUT2D eigenvalue weighted by molar-refractivity contribution is -0.138. The Morgan fingerprint density at radius 2 is 1.19 bits per heavy atom. The van der Waals surface area contributed by atoms with Crippen molar-refractivity contribution >= 4 is 11.9 Å². The molecule has 0 aromatic heterocycles. The van der Waals surface area contributed by atoms with E-state index in [1.54, 1.807) is 13.8 Å². The normalized spacial score (nSPS) is 6.88. The fraction of sp³-hybridized carbons (Fsp3) is 0.333. The number of esters is 2. The molecular weight excluding hydrogens is 208 g/mol. The minimum Gasteiger partial charge on any atom is -0.463 e. The molecule has 0 aliphatic heterocycles. The Morgan fingerprint density at radius 1 is 0.938 bits per heavy atom. The SMILES string of the molecule is C=C.C=CC(=O)OCC.C=CC(=O)OCC. The molecule has 0 spiro atoms. The Labute approximate surface area is 97.2 Å². The molecular formula is C12H20O4. The van der Waals surface area contributed by atoms with Crippen LogP contribution in [-0.2, 0) is 19.1 Å². The van der Waals surface area contributed by atoms with Gasteiger partial charge in [0.15, 0.2) is 0 Å². The molecule has 4 heteroatoms. The van der Waals surface area contributed by atoms with Gasteiger partial charge in [-0.3, -0.25) is 0 Å². The molecule has 16 heavy (non-hydrogen) atoms. The van der Waals surface area contributed by atoms with Gasteiger partial charge in [-0.05, 0) is 13.8 Å². The van der Waals surface area contributed by atoms with E-state index in [0.717, 1.165) is 12.2 Å². The van der Waals surface area contributed by atoms with Crippen molar-refractivity contribution in [3.63, 3.8) is 0 Å². The first-order chi connectivity index (χ1) is 7.62. The minimum absolute atomic E-state index is 0.359. The molecule has 0 saturated heterocycles. The second kappa shape index (κ2) is 18.9. The standard InChI is InChI=1S/2C5H8O2.C2H4/c2*1-3-5(6)7-4-2;1-2/h2*3H,1,4H2,2H3;1-2H2. The molecule has 0 unspecified atom stereocenters. The van der Waals surface area contributed by atoms with Crippen LogP contribution in [0.4, 0.5) is 0 Å². The zero-order valence-corrected chi connectivity index (χ0v) is 10.0. The lowest BCUT2D eigenvalue weighted by Gasteiger charge is -1.90. The molecule has 0 rings (SSSR count). The average molecular weight is 228 g/mol. The third-order valence-electron chi connectivity index (χ3n) is 0.907. The van der Waals surface area contributed by atoms with Gasteiger partial charge >= 0.3 is 11.9 Å². The molecule has 0 amide bonds. The molecule has 0 atom stereocenters. The quantitative estimate of drug-likeness (QED) is 0.421. The number of hydrogen-bond acceptors (Lipinski definition) is 4. The van der Waals surface area contributed by atoms with E-state index in [0.29, 0.717) is 13.2 Å². The zero-order chi connectivity index (χ0) is 13.4. The van der Waals surface area contributed by atoms with Gasteiger partial charge in [0, 0.05) is 12.2 Å². The third-order valence-corrected chi connectivity index (χ3v) is 0.907. The summed E-state index contributed by atoms with van der Waals surface area (Å²) in [7, 11) is 0. The van der Waals surface area contributed by atoms with Crippen LogP contribution in [0.5, 0.6) is 0 Å². The number of hydrogen-bond donors (Lipinski definition) is 0. The minimum atomic E-state index is -0.359. The van der Waals surface area contributed by atoms with E-state index in [-0.39, 0.29) is 11.9 Å². The molecule has 4 nitrogen and oxygen atoms in total. The molecule has 92 valence electrons. The summed E-state index contributed by atoms with van der Waals surface area (Å²) < 4.78 is 8.87. The topological polar surface area (TPSA) is 52.6 Å². The van der Waals surface area contributed by atoms with Gasteiger partial charge in [0.05, 0.1) is 13.2 Å². The summed E-state index contributed by atoms with van der Waals surface area (Å²) in [6.07, 6.45) is 2.28. The van der Waals surface area contributed by atoms with Gasteiger partial charge < -0.3 is 9.47 Å². The van der Waals surface area contributed by atoms with Gasteiger partial charge in [-0.2, -0.15) is 0 Å². The van der Waals surface area contributed by atoms with Crippen molar-refractivity contribution in [2.75, 3.05) is 13.2 Å². The third kappa shape index (κ3) is 22.7. The maximum Gasteiger partial charge on any atom is 0.330 e. The van der Waals surface area contributed by atoms with E-state index in [9.17, 15) is 9.59 Å². The van der Waals surface area contributed by atoms with Gasteiger partial charge in [-0.25, -0.2) is 9.59 Å². The van der Waals surface area contributed by atoms with Crippen LogP contribution in [0.25, 0.3) is 0 Å². The highest BCUT2D eigenvalue weighted by Gasteiger charge is 1.87. The first kappa shape index (κ1) is 19.7. The summed E-state index contributed by atoms with van der Waals surface area (Å²) in [5.41, 5.74) is 0. The van der Waals surface area contributed by atoms with Crippen LogP contribution in [0.15, 0.2) is 38.5 Å². The van der Waals surface area contributed by atoms with Crippen molar-refractivity contribution in [1.82, 2.24) is 0 Å². The fourth-order valence-corrected chi connectivity index (χ4v) is 0.402. The molecule has 0 aromatic carbocycles. The molecule has 0 N–H and O–H groups in total. The maximum absolute atomic E-state index is 10.1. The smallest absolute Gasteiger partial charge is 0.330 e. The Balaban J connectivity index is -0.000000183. The van der Waals surface area contributed by atoms with E-state index in [1.807, 2.05) is 0 Å². The number of carbonyl (C=O) groups excluding carboxylic acids is 2. The van der Waals surface area contributed by atoms with Gasteiger partial charge in [-0.15, -0.1) is 13.2 Å². The second-order valence-electron chi connectivity index (χ2n) is 1.91. The molecule has 0 aliphatic carbocycles. The average Bonchev–Trinajstić information content (AvgIpc) is 2.33. The van der Waals surface area contributed by atoms with Crippen LogP contribution in [0.2, 0.25) is 0 Å². The number of rotatable bonds is 4. The summed E-state index contributed by atoms with van der Waals surface area (Å²) in [6, 6.07) is 0. The van der Waals surface area contributed by atoms with E-state index < -0.39 is 0 Å². The Hall–Kier alpha value is -1.84. The zero-order valence-electron chi connectivity index (χ0n) is 10.0. The molecule has 0 bridgehead atoms. The molecule has 0 heterocycles. The van der Waals surface area contributed by atoms with E-state index in [2.05, 4.69) is 35.8 Å². The van der Waals surface area contributed by atoms with Crippen molar-refractivity contribution in [2.45, 2.75) is 13.8 Å². The molecule has 0 radical (unpaired) electrons. The van der Waals surface area contributed by atoms with Crippen molar-refractivity contribution in [3.05, 3.63) is 38.5 Å². The highest BCUT2D eigenvalue weighted by atomic mass is 16.5.